The third-order valence-electron chi connectivity index (χ3n) is 5.25. The molecule has 7 nitrogen and oxygen atoms in total. The zero-order valence-electron chi connectivity index (χ0n) is 16.2. The Kier molecular flexibility index (Phi) is 5.74. The van der Waals surface area contributed by atoms with Gasteiger partial charge in [-0.05, 0) is 49.1 Å². The summed E-state index contributed by atoms with van der Waals surface area (Å²) >= 11 is 0. The molecule has 0 bridgehead atoms. The molecule has 1 fully saturated rings. The van der Waals surface area contributed by atoms with Crippen molar-refractivity contribution in [2.24, 2.45) is 5.92 Å². The number of carbonyl (C=O) groups excluding carboxylic acids is 2. The van der Waals surface area contributed by atoms with E-state index in [-0.39, 0.29) is 17.7 Å². The molecule has 1 aliphatic heterocycles. The van der Waals surface area contributed by atoms with Crippen LogP contribution in [0.3, 0.4) is 0 Å². The summed E-state index contributed by atoms with van der Waals surface area (Å²) in [5.74, 6) is 0.251. The van der Waals surface area contributed by atoms with Crippen LogP contribution in [-0.4, -0.2) is 46.1 Å². The summed E-state index contributed by atoms with van der Waals surface area (Å²) in [6.45, 7) is 1.72. The van der Waals surface area contributed by atoms with Crippen molar-refractivity contribution in [3.63, 3.8) is 0 Å². The van der Waals surface area contributed by atoms with Crippen LogP contribution in [0.2, 0.25) is 0 Å². The first-order valence-electron chi connectivity index (χ1n) is 9.90. The molecule has 4 rings (SSSR count). The number of hydrogen-bond acceptors (Lipinski definition) is 4. The van der Waals surface area contributed by atoms with E-state index in [0.29, 0.717) is 38.2 Å². The van der Waals surface area contributed by atoms with E-state index in [0.717, 1.165) is 17.7 Å². The second kappa shape index (κ2) is 8.77. The average Bonchev–Trinajstić information content (AvgIpc) is 3.46. The number of para-hydroxylation sites is 1. The monoisotopic (exact) mass is 392 g/mol. The summed E-state index contributed by atoms with van der Waals surface area (Å²) in [6.07, 6.45) is 7.39. The maximum absolute atomic E-state index is 12.5. The van der Waals surface area contributed by atoms with Gasteiger partial charge >= 0.3 is 0 Å². The Balaban J connectivity index is 1.21. The number of amides is 2. The molecule has 0 aliphatic carbocycles. The largest absolute Gasteiger partial charge is 0.459 e. The van der Waals surface area contributed by atoms with Crippen LogP contribution in [0.5, 0.6) is 0 Å². The zero-order valence-corrected chi connectivity index (χ0v) is 16.2. The number of likely N-dealkylation sites (tertiary alicyclic amines) is 1. The van der Waals surface area contributed by atoms with Gasteiger partial charge in [-0.3, -0.25) is 9.59 Å². The summed E-state index contributed by atoms with van der Waals surface area (Å²) in [5, 5.41) is 7.40. The van der Waals surface area contributed by atoms with Gasteiger partial charge in [-0.25, -0.2) is 4.68 Å². The minimum Gasteiger partial charge on any atom is -0.459 e. The molecule has 3 heterocycles. The molecule has 0 saturated carbocycles. The Bertz CT molecular complexity index is 942. The zero-order chi connectivity index (χ0) is 20.1. The summed E-state index contributed by atoms with van der Waals surface area (Å²) in [5.41, 5.74) is 2.09. The van der Waals surface area contributed by atoms with Crippen molar-refractivity contribution in [2.45, 2.75) is 19.3 Å². The Morgan fingerprint density at radius 1 is 1.10 bits per heavy atom. The van der Waals surface area contributed by atoms with Crippen molar-refractivity contribution in [3.8, 4) is 5.69 Å². The number of nitrogens with one attached hydrogen (secondary N) is 1. The average molecular weight is 392 g/mol. The summed E-state index contributed by atoms with van der Waals surface area (Å²) in [4.78, 5) is 26.5. The van der Waals surface area contributed by atoms with Crippen molar-refractivity contribution in [1.82, 2.24) is 20.0 Å². The van der Waals surface area contributed by atoms with Crippen molar-refractivity contribution < 1.29 is 14.0 Å². The quantitative estimate of drug-likeness (QED) is 0.699. The Labute approximate surface area is 169 Å². The van der Waals surface area contributed by atoms with Gasteiger partial charge in [-0.1, -0.05) is 18.2 Å². The lowest BCUT2D eigenvalue weighted by Crippen LogP contribution is -2.43. The van der Waals surface area contributed by atoms with E-state index in [9.17, 15) is 9.59 Å². The molecule has 0 radical (unpaired) electrons. The number of furan rings is 1. The number of piperidine rings is 1. The van der Waals surface area contributed by atoms with E-state index in [1.807, 2.05) is 47.4 Å². The maximum Gasteiger partial charge on any atom is 0.289 e. The van der Waals surface area contributed by atoms with Crippen molar-refractivity contribution in [3.05, 3.63) is 72.4 Å². The highest BCUT2D eigenvalue weighted by molar-refractivity contribution is 5.91. The SMILES string of the molecule is O=C(NCCc1cnn(-c2ccccc2)c1)C1CCN(C(=O)c2ccco2)CC1. The second-order valence-electron chi connectivity index (χ2n) is 7.21. The van der Waals surface area contributed by atoms with Crippen LogP contribution in [0, 0.1) is 5.92 Å². The van der Waals surface area contributed by atoms with Gasteiger partial charge in [0, 0.05) is 31.7 Å². The van der Waals surface area contributed by atoms with Crippen LogP contribution in [-0.2, 0) is 11.2 Å². The van der Waals surface area contributed by atoms with Crippen LogP contribution < -0.4 is 5.32 Å². The van der Waals surface area contributed by atoms with Crippen LogP contribution >= 0.6 is 0 Å². The smallest absolute Gasteiger partial charge is 0.289 e. The number of carbonyl (C=O) groups is 2. The molecule has 150 valence electrons. The van der Waals surface area contributed by atoms with Gasteiger partial charge in [-0.2, -0.15) is 5.10 Å². The second-order valence-corrected chi connectivity index (χ2v) is 7.21. The van der Waals surface area contributed by atoms with Crippen molar-refractivity contribution in [2.75, 3.05) is 19.6 Å². The van der Waals surface area contributed by atoms with E-state index in [1.54, 1.807) is 17.0 Å². The van der Waals surface area contributed by atoms with Gasteiger partial charge in [0.05, 0.1) is 18.1 Å². The molecule has 1 aliphatic rings. The van der Waals surface area contributed by atoms with Crippen LogP contribution in [0.25, 0.3) is 5.69 Å². The number of hydrogen-bond donors (Lipinski definition) is 1. The normalized spacial score (nSPS) is 14.7. The number of nitrogens with zero attached hydrogens (tertiary/aromatic N) is 3. The fourth-order valence-corrected chi connectivity index (χ4v) is 3.59. The van der Waals surface area contributed by atoms with E-state index in [4.69, 9.17) is 4.42 Å². The molecule has 1 aromatic carbocycles. The van der Waals surface area contributed by atoms with E-state index in [1.165, 1.54) is 6.26 Å². The lowest BCUT2D eigenvalue weighted by Gasteiger charge is -2.30. The lowest BCUT2D eigenvalue weighted by atomic mass is 9.95. The van der Waals surface area contributed by atoms with Gasteiger partial charge in [0.1, 0.15) is 0 Å². The van der Waals surface area contributed by atoms with E-state index >= 15 is 0 Å². The highest BCUT2D eigenvalue weighted by Crippen LogP contribution is 2.19. The third-order valence-corrected chi connectivity index (χ3v) is 5.25. The van der Waals surface area contributed by atoms with Gasteiger partial charge in [0.25, 0.3) is 5.91 Å². The molecule has 3 aromatic rings. The fourth-order valence-electron chi connectivity index (χ4n) is 3.59. The van der Waals surface area contributed by atoms with E-state index in [2.05, 4.69) is 10.4 Å². The molecule has 0 spiro atoms. The first-order chi connectivity index (χ1) is 14.2. The minimum atomic E-state index is -0.107. The van der Waals surface area contributed by atoms with Crippen LogP contribution in [0.1, 0.15) is 29.0 Å². The molecule has 29 heavy (non-hydrogen) atoms. The Morgan fingerprint density at radius 2 is 1.90 bits per heavy atom. The van der Waals surface area contributed by atoms with Crippen molar-refractivity contribution >= 4 is 11.8 Å². The predicted molar refractivity (Wildman–Crippen MR) is 108 cm³/mol. The molecular formula is C22H24N4O3. The third kappa shape index (κ3) is 4.56. The van der Waals surface area contributed by atoms with Crippen molar-refractivity contribution in [1.29, 1.82) is 0 Å². The molecule has 7 heteroatoms. The molecule has 1 saturated heterocycles. The first-order valence-corrected chi connectivity index (χ1v) is 9.90. The van der Waals surface area contributed by atoms with Gasteiger partial charge < -0.3 is 14.6 Å². The maximum atomic E-state index is 12.5. The summed E-state index contributed by atoms with van der Waals surface area (Å²) < 4.78 is 7.01. The number of aromatic nitrogens is 2. The fraction of sp³-hybridized carbons (Fsp3) is 0.318. The molecule has 2 aromatic heterocycles. The Hall–Kier alpha value is -3.35. The first kappa shape index (κ1) is 19.0. The van der Waals surface area contributed by atoms with Crippen LogP contribution in [0.15, 0.2) is 65.5 Å². The predicted octanol–water partition coefficient (Wildman–Crippen LogP) is 2.68. The van der Waals surface area contributed by atoms with E-state index < -0.39 is 0 Å². The van der Waals surface area contributed by atoms with Gasteiger partial charge in [-0.15, -0.1) is 0 Å². The standard InChI is InChI=1S/C22H24N4O3/c27-21(18-9-12-25(13-10-18)22(28)20-7-4-14-29-20)23-11-8-17-15-24-26(16-17)19-5-2-1-3-6-19/h1-7,14-16,18H,8-13H2,(H,23,27). The number of rotatable bonds is 6. The molecule has 0 atom stereocenters. The molecule has 1 N–H and O–H groups in total. The summed E-state index contributed by atoms with van der Waals surface area (Å²) in [7, 11) is 0. The highest BCUT2D eigenvalue weighted by atomic mass is 16.3. The Morgan fingerprint density at radius 3 is 2.62 bits per heavy atom. The summed E-state index contributed by atoms with van der Waals surface area (Å²) in [6, 6.07) is 13.3. The van der Waals surface area contributed by atoms with Gasteiger partial charge in [0.2, 0.25) is 5.91 Å². The van der Waals surface area contributed by atoms with Gasteiger partial charge in [0.15, 0.2) is 5.76 Å². The van der Waals surface area contributed by atoms with Crippen LogP contribution in [0.4, 0.5) is 0 Å². The molecule has 0 unspecified atom stereocenters. The minimum absolute atomic E-state index is 0.0531. The topological polar surface area (TPSA) is 80.4 Å². The highest BCUT2D eigenvalue weighted by Gasteiger charge is 2.28. The molecular weight excluding hydrogens is 368 g/mol. The lowest BCUT2D eigenvalue weighted by molar-refractivity contribution is -0.126. The number of benzene rings is 1. The molecule has 2 amide bonds.